The monoisotopic (exact) mass is 447 g/mol. The van der Waals surface area contributed by atoms with Gasteiger partial charge in [0.2, 0.25) is 11.8 Å². The second-order valence-corrected chi connectivity index (χ2v) is 7.84. The molecule has 0 aliphatic carbocycles. The van der Waals surface area contributed by atoms with Crippen LogP contribution >= 0.6 is 27.7 Å². The Hall–Kier alpha value is -2.32. The summed E-state index contributed by atoms with van der Waals surface area (Å²) in [6.07, 6.45) is 0.142. The molecule has 0 radical (unpaired) electrons. The van der Waals surface area contributed by atoms with Gasteiger partial charge in [0, 0.05) is 23.6 Å². The van der Waals surface area contributed by atoms with Crippen molar-refractivity contribution in [1.29, 1.82) is 0 Å². The molecule has 0 saturated carbocycles. The van der Waals surface area contributed by atoms with Gasteiger partial charge in [0.25, 0.3) is 0 Å². The minimum Gasteiger partial charge on any atom is -0.497 e. The molecule has 6 nitrogen and oxygen atoms in total. The van der Waals surface area contributed by atoms with Crippen molar-refractivity contribution >= 4 is 56.0 Å². The largest absolute Gasteiger partial charge is 0.497 e. The molecule has 1 aliphatic rings. The molecular weight excluding hydrogens is 430 g/mol. The maximum atomic E-state index is 12.8. The van der Waals surface area contributed by atoms with Crippen molar-refractivity contribution in [3.63, 3.8) is 0 Å². The zero-order valence-electron chi connectivity index (χ0n) is 14.8. The maximum Gasteiger partial charge on any atom is 0.247 e. The van der Waals surface area contributed by atoms with Gasteiger partial charge in [-0.05, 0) is 48.5 Å². The Bertz CT molecular complexity index is 869. The topological polar surface area (TPSA) is 71.0 Å². The van der Waals surface area contributed by atoms with E-state index in [4.69, 9.17) is 4.74 Å². The van der Waals surface area contributed by atoms with Gasteiger partial charge in [-0.2, -0.15) is 0 Å². The van der Waals surface area contributed by atoms with Crippen molar-refractivity contribution in [2.75, 3.05) is 24.4 Å². The third kappa shape index (κ3) is 4.51. The summed E-state index contributed by atoms with van der Waals surface area (Å²) < 4.78 is 6.03. The van der Waals surface area contributed by atoms with Crippen molar-refractivity contribution < 1.29 is 14.3 Å². The number of ether oxygens (including phenoxy) is 1. The highest BCUT2D eigenvalue weighted by molar-refractivity contribution is 9.10. The molecule has 1 N–H and O–H groups in total. The van der Waals surface area contributed by atoms with E-state index >= 15 is 0 Å². The average Bonchev–Trinajstić information content (AvgIpc) is 2.96. The predicted molar refractivity (Wildman–Crippen MR) is 113 cm³/mol. The zero-order valence-corrected chi connectivity index (χ0v) is 17.2. The molecule has 2 aromatic rings. The molecule has 27 heavy (non-hydrogen) atoms. The van der Waals surface area contributed by atoms with Gasteiger partial charge in [-0.15, -0.1) is 0 Å². The first kappa shape index (κ1) is 19.4. The maximum absolute atomic E-state index is 12.8. The molecule has 1 atom stereocenters. The molecule has 2 amide bonds. The number of nitrogens with zero attached hydrogens (tertiary/aromatic N) is 2. The molecule has 1 aliphatic heterocycles. The van der Waals surface area contributed by atoms with Crippen LogP contribution < -0.4 is 15.0 Å². The van der Waals surface area contributed by atoms with E-state index in [0.717, 1.165) is 15.9 Å². The van der Waals surface area contributed by atoms with Gasteiger partial charge in [0.1, 0.15) is 11.0 Å². The Labute approximate surface area is 170 Å². The highest BCUT2D eigenvalue weighted by atomic mass is 79.9. The molecule has 1 fully saturated rings. The van der Waals surface area contributed by atoms with Crippen LogP contribution in [0.25, 0.3) is 0 Å². The number of hydrogen-bond acceptors (Lipinski definition) is 5. The summed E-state index contributed by atoms with van der Waals surface area (Å²) >= 11 is 4.61. The molecule has 2 aromatic carbocycles. The number of nitrogens with one attached hydrogen (secondary N) is 1. The van der Waals surface area contributed by atoms with Gasteiger partial charge in [-0.25, -0.2) is 4.90 Å². The lowest BCUT2D eigenvalue weighted by Crippen LogP contribution is -2.31. The minimum absolute atomic E-state index is 0.142. The van der Waals surface area contributed by atoms with Crippen LogP contribution in [0.15, 0.2) is 58.0 Å². The number of hydrogen-bond donors (Lipinski definition) is 1. The zero-order chi connectivity index (χ0) is 19.4. The number of aliphatic imine (C=N–C) groups is 1. The van der Waals surface area contributed by atoms with Crippen molar-refractivity contribution in [2.24, 2.45) is 4.99 Å². The molecule has 3 rings (SSSR count). The van der Waals surface area contributed by atoms with Crippen LogP contribution in [0.1, 0.15) is 6.42 Å². The fourth-order valence-electron chi connectivity index (χ4n) is 2.63. The number of amidine groups is 1. The summed E-state index contributed by atoms with van der Waals surface area (Å²) in [5, 5.41) is 3.24. The predicted octanol–water partition coefficient (Wildman–Crippen LogP) is 3.92. The molecule has 140 valence electrons. The second kappa shape index (κ2) is 8.58. The van der Waals surface area contributed by atoms with Crippen LogP contribution in [-0.2, 0) is 9.59 Å². The number of methoxy groups -OCH3 is 1. The number of thioether (sulfide) groups is 1. The lowest BCUT2D eigenvalue weighted by molar-refractivity contribution is -0.121. The van der Waals surface area contributed by atoms with E-state index in [9.17, 15) is 9.59 Å². The minimum atomic E-state index is -0.509. The number of carbonyl (C=O) groups is 2. The van der Waals surface area contributed by atoms with E-state index in [-0.39, 0.29) is 18.2 Å². The number of imide groups is 1. The summed E-state index contributed by atoms with van der Waals surface area (Å²) in [4.78, 5) is 30.6. The third-order valence-corrected chi connectivity index (χ3v) is 5.68. The van der Waals surface area contributed by atoms with Gasteiger partial charge in [0.05, 0.1) is 12.8 Å². The first-order valence-corrected chi connectivity index (χ1v) is 9.86. The normalized spacial score (nSPS) is 17.4. The smallest absolute Gasteiger partial charge is 0.247 e. The van der Waals surface area contributed by atoms with Crippen LogP contribution in [0.5, 0.6) is 5.75 Å². The second-order valence-electron chi connectivity index (χ2n) is 5.74. The average molecular weight is 448 g/mol. The van der Waals surface area contributed by atoms with E-state index < -0.39 is 5.25 Å². The van der Waals surface area contributed by atoms with Crippen molar-refractivity contribution in [2.45, 2.75) is 11.7 Å². The molecule has 1 saturated heterocycles. The standard InChI is InChI=1S/C19H18BrN3O3S/c1-21-19(22-13-5-9-15(26-2)10-6-13)27-16-11-17(24)23(18(16)25)14-7-3-12(20)4-8-14/h3-10,16H,11H2,1-2H3,(H,21,22)/t16-/m1/s1. The van der Waals surface area contributed by atoms with Crippen molar-refractivity contribution in [3.8, 4) is 5.75 Å². The summed E-state index contributed by atoms with van der Waals surface area (Å²) in [6, 6.07) is 14.5. The Morgan fingerprint density at radius 2 is 1.85 bits per heavy atom. The van der Waals surface area contributed by atoms with Gasteiger partial charge in [-0.1, -0.05) is 27.7 Å². The van der Waals surface area contributed by atoms with Gasteiger partial charge in [-0.3, -0.25) is 14.6 Å². The summed E-state index contributed by atoms with van der Waals surface area (Å²) in [7, 11) is 3.25. The van der Waals surface area contributed by atoms with Crippen LogP contribution in [0.4, 0.5) is 11.4 Å². The fourth-order valence-corrected chi connectivity index (χ4v) is 3.88. The van der Waals surface area contributed by atoms with E-state index in [1.807, 2.05) is 24.3 Å². The van der Waals surface area contributed by atoms with Gasteiger partial charge < -0.3 is 10.1 Å². The Morgan fingerprint density at radius 1 is 1.19 bits per heavy atom. The number of carbonyl (C=O) groups excluding carboxylic acids is 2. The number of anilines is 2. The molecule has 0 bridgehead atoms. The highest BCUT2D eigenvalue weighted by Crippen LogP contribution is 2.31. The SMILES string of the molecule is CN=C(Nc1ccc(OC)cc1)S[C@@H]1CC(=O)N(c2ccc(Br)cc2)C1=O. The number of benzene rings is 2. The quantitative estimate of drug-likeness (QED) is 0.436. The molecule has 8 heteroatoms. The van der Waals surface area contributed by atoms with Crippen molar-refractivity contribution in [1.82, 2.24) is 0 Å². The lowest BCUT2D eigenvalue weighted by atomic mass is 10.3. The number of halogens is 1. The Morgan fingerprint density at radius 3 is 2.44 bits per heavy atom. The van der Waals surface area contributed by atoms with E-state index in [0.29, 0.717) is 10.9 Å². The first-order chi connectivity index (χ1) is 13.0. The van der Waals surface area contributed by atoms with E-state index in [2.05, 4.69) is 26.2 Å². The molecule has 1 heterocycles. The van der Waals surface area contributed by atoms with Crippen LogP contribution in [-0.4, -0.2) is 36.4 Å². The number of amides is 2. The van der Waals surface area contributed by atoms with Crippen molar-refractivity contribution in [3.05, 3.63) is 53.0 Å². The highest BCUT2D eigenvalue weighted by Gasteiger charge is 2.40. The molecule has 0 unspecified atom stereocenters. The summed E-state index contributed by atoms with van der Waals surface area (Å²) in [5.41, 5.74) is 1.40. The summed E-state index contributed by atoms with van der Waals surface area (Å²) in [6.45, 7) is 0. The molecular formula is C19H18BrN3O3S. The van der Waals surface area contributed by atoms with E-state index in [1.54, 1.807) is 38.4 Å². The van der Waals surface area contributed by atoms with Crippen LogP contribution in [0.3, 0.4) is 0 Å². The van der Waals surface area contributed by atoms with Crippen LogP contribution in [0, 0.1) is 0 Å². The third-order valence-electron chi connectivity index (χ3n) is 3.99. The molecule has 0 aromatic heterocycles. The lowest BCUT2D eigenvalue weighted by Gasteiger charge is -2.16. The number of rotatable bonds is 4. The van der Waals surface area contributed by atoms with E-state index in [1.165, 1.54) is 16.7 Å². The van der Waals surface area contributed by atoms with Gasteiger partial charge >= 0.3 is 0 Å². The van der Waals surface area contributed by atoms with Gasteiger partial charge in [0.15, 0.2) is 5.17 Å². The Balaban J connectivity index is 1.69. The fraction of sp³-hybridized carbons (Fsp3) is 0.211. The Kier molecular flexibility index (Phi) is 6.18. The van der Waals surface area contributed by atoms with Crippen LogP contribution in [0.2, 0.25) is 0 Å². The molecule has 0 spiro atoms. The summed E-state index contributed by atoms with van der Waals surface area (Å²) in [5.74, 6) is 0.314. The first-order valence-electron chi connectivity index (χ1n) is 8.18.